The highest BCUT2D eigenvalue weighted by molar-refractivity contribution is 5.56. The van der Waals surface area contributed by atoms with Crippen LogP contribution in [-0.4, -0.2) is 19.1 Å². The minimum absolute atomic E-state index is 0.151. The molecule has 0 amide bonds. The van der Waals surface area contributed by atoms with E-state index in [9.17, 15) is 4.39 Å². The average Bonchev–Trinajstić information content (AvgIpc) is 2.33. The summed E-state index contributed by atoms with van der Waals surface area (Å²) >= 11 is 0. The number of halogens is 1. The zero-order valence-electron chi connectivity index (χ0n) is 13.1. The van der Waals surface area contributed by atoms with E-state index in [4.69, 9.17) is 0 Å². The van der Waals surface area contributed by atoms with Gasteiger partial charge in [-0.1, -0.05) is 19.3 Å². The fourth-order valence-electron chi connectivity index (χ4n) is 2.73. The summed E-state index contributed by atoms with van der Waals surface area (Å²) in [4.78, 5) is 1.96. The first-order valence-corrected chi connectivity index (χ1v) is 7.76. The van der Waals surface area contributed by atoms with E-state index >= 15 is 0 Å². The predicted octanol–water partition coefficient (Wildman–Crippen LogP) is 4.66. The average molecular weight is 278 g/mol. The standard InChI is InChI=1S/C17H27FN2/c1-12(2)20(4)17-9-8-15(11-16(17)18)19-13(3)10-14-6-5-7-14/h8-9,11-14,19H,5-7,10H2,1-4H3. The Bertz CT molecular complexity index is 441. The third kappa shape index (κ3) is 3.65. The Morgan fingerprint density at radius 1 is 1.30 bits per heavy atom. The minimum atomic E-state index is -0.151. The lowest BCUT2D eigenvalue weighted by Crippen LogP contribution is -2.26. The van der Waals surface area contributed by atoms with Gasteiger partial charge >= 0.3 is 0 Å². The van der Waals surface area contributed by atoms with Crippen LogP contribution in [0.1, 0.15) is 46.5 Å². The maximum atomic E-state index is 14.2. The van der Waals surface area contributed by atoms with Crippen LogP contribution >= 0.6 is 0 Å². The van der Waals surface area contributed by atoms with Crippen LogP contribution in [0.2, 0.25) is 0 Å². The van der Waals surface area contributed by atoms with Gasteiger partial charge in [0.25, 0.3) is 0 Å². The molecule has 1 N–H and O–H groups in total. The first-order chi connectivity index (χ1) is 9.47. The topological polar surface area (TPSA) is 15.3 Å². The number of benzene rings is 1. The van der Waals surface area contributed by atoms with Gasteiger partial charge in [-0.15, -0.1) is 0 Å². The van der Waals surface area contributed by atoms with E-state index in [2.05, 4.69) is 26.1 Å². The zero-order chi connectivity index (χ0) is 14.7. The minimum Gasteiger partial charge on any atom is -0.382 e. The highest BCUT2D eigenvalue weighted by Gasteiger charge is 2.20. The van der Waals surface area contributed by atoms with Gasteiger partial charge in [-0.3, -0.25) is 0 Å². The molecular formula is C17H27FN2. The van der Waals surface area contributed by atoms with Gasteiger partial charge in [0.2, 0.25) is 0 Å². The number of nitrogens with zero attached hydrogens (tertiary/aromatic N) is 1. The molecule has 0 aromatic heterocycles. The highest BCUT2D eigenvalue weighted by atomic mass is 19.1. The van der Waals surface area contributed by atoms with Gasteiger partial charge in [-0.25, -0.2) is 4.39 Å². The summed E-state index contributed by atoms with van der Waals surface area (Å²) in [6.45, 7) is 6.31. The van der Waals surface area contributed by atoms with Crippen molar-refractivity contribution >= 4 is 11.4 Å². The summed E-state index contributed by atoms with van der Waals surface area (Å²) < 4.78 is 14.2. The molecule has 1 aromatic rings. The Labute approximate surface area is 122 Å². The summed E-state index contributed by atoms with van der Waals surface area (Å²) in [6, 6.07) is 6.17. The van der Waals surface area contributed by atoms with Crippen molar-refractivity contribution in [3.63, 3.8) is 0 Å². The molecule has 0 bridgehead atoms. The Morgan fingerprint density at radius 2 is 2.00 bits per heavy atom. The summed E-state index contributed by atoms with van der Waals surface area (Å²) in [5.41, 5.74) is 1.55. The maximum absolute atomic E-state index is 14.2. The van der Waals surface area contributed by atoms with Crippen LogP contribution in [0.15, 0.2) is 18.2 Å². The van der Waals surface area contributed by atoms with Crippen molar-refractivity contribution in [1.82, 2.24) is 0 Å². The Hall–Kier alpha value is -1.25. The summed E-state index contributed by atoms with van der Waals surface area (Å²) in [6.07, 6.45) is 5.29. The molecule has 1 aliphatic rings. The lowest BCUT2D eigenvalue weighted by molar-refractivity contribution is 0.286. The van der Waals surface area contributed by atoms with E-state index in [1.807, 2.05) is 24.1 Å². The second-order valence-corrected chi connectivity index (χ2v) is 6.45. The molecule has 2 nitrogen and oxygen atoms in total. The van der Waals surface area contributed by atoms with Crippen molar-refractivity contribution in [3.05, 3.63) is 24.0 Å². The normalized spacial score (nSPS) is 16.9. The van der Waals surface area contributed by atoms with Crippen LogP contribution in [0.5, 0.6) is 0 Å². The van der Waals surface area contributed by atoms with Gasteiger partial charge in [0.1, 0.15) is 5.82 Å². The predicted molar refractivity (Wildman–Crippen MR) is 85.0 cm³/mol. The fourth-order valence-corrected chi connectivity index (χ4v) is 2.73. The molecule has 0 heterocycles. The zero-order valence-corrected chi connectivity index (χ0v) is 13.1. The number of hydrogen-bond donors (Lipinski definition) is 1. The Morgan fingerprint density at radius 3 is 2.50 bits per heavy atom. The van der Waals surface area contributed by atoms with E-state index in [0.717, 1.165) is 11.6 Å². The van der Waals surface area contributed by atoms with Crippen LogP contribution in [0.3, 0.4) is 0 Å². The monoisotopic (exact) mass is 278 g/mol. The molecule has 1 aliphatic carbocycles. The number of hydrogen-bond acceptors (Lipinski definition) is 2. The van der Waals surface area contributed by atoms with E-state index < -0.39 is 0 Å². The van der Waals surface area contributed by atoms with Gasteiger partial charge in [0.05, 0.1) is 5.69 Å². The molecular weight excluding hydrogens is 251 g/mol. The number of anilines is 2. The summed E-state index contributed by atoms with van der Waals surface area (Å²) in [5.74, 6) is 0.718. The smallest absolute Gasteiger partial charge is 0.148 e. The van der Waals surface area contributed by atoms with E-state index in [1.54, 1.807) is 6.07 Å². The van der Waals surface area contributed by atoms with E-state index in [1.165, 1.54) is 25.7 Å². The molecule has 0 saturated heterocycles. The Balaban J connectivity index is 1.97. The molecule has 1 atom stereocenters. The van der Waals surface area contributed by atoms with Crippen LogP contribution in [0.25, 0.3) is 0 Å². The second-order valence-electron chi connectivity index (χ2n) is 6.45. The highest BCUT2D eigenvalue weighted by Crippen LogP contribution is 2.31. The van der Waals surface area contributed by atoms with Crippen molar-refractivity contribution < 1.29 is 4.39 Å². The van der Waals surface area contributed by atoms with Gasteiger partial charge in [0.15, 0.2) is 0 Å². The van der Waals surface area contributed by atoms with Gasteiger partial charge in [-0.2, -0.15) is 0 Å². The molecule has 1 aromatic carbocycles. The lowest BCUT2D eigenvalue weighted by atomic mass is 9.81. The molecule has 0 spiro atoms. The number of rotatable bonds is 6. The SMILES string of the molecule is CC(CC1CCC1)Nc1ccc(N(C)C(C)C)c(F)c1. The second kappa shape index (κ2) is 6.47. The molecule has 0 radical (unpaired) electrons. The summed E-state index contributed by atoms with van der Waals surface area (Å²) in [7, 11) is 1.93. The molecule has 112 valence electrons. The van der Waals surface area contributed by atoms with Crippen molar-refractivity contribution in [2.24, 2.45) is 5.92 Å². The van der Waals surface area contributed by atoms with Crippen molar-refractivity contribution in [3.8, 4) is 0 Å². The van der Waals surface area contributed by atoms with Crippen LogP contribution in [-0.2, 0) is 0 Å². The third-order valence-electron chi connectivity index (χ3n) is 4.43. The van der Waals surface area contributed by atoms with Crippen LogP contribution < -0.4 is 10.2 Å². The van der Waals surface area contributed by atoms with Crippen molar-refractivity contribution in [2.45, 2.75) is 58.5 Å². The first-order valence-electron chi connectivity index (χ1n) is 7.76. The maximum Gasteiger partial charge on any atom is 0.148 e. The number of nitrogens with one attached hydrogen (secondary N) is 1. The molecule has 20 heavy (non-hydrogen) atoms. The van der Waals surface area contributed by atoms with Crippen LogP contribution in [0.4, 0.5) is 15.8 Å². The molecule has 1 fully saturated rings. The quantitative estimate of drug-likeness (QED) is 0.814. The molecule has 1 unspecified atom stereocenters. The largest absolute Gasteiger partial charge is 0.382 e. The Kier molecular flexibility index (Phi) is 4.90. The van der Waals surface area contributed by atoms with Crippen molar-refractivity contribution in [2.75, 3.05) is 17.3 Å². The molecule has 1 saturated carbocycles. The van der Waals surface area contributed by atoms with Gasteiger partial charge < -0.3 is 10.2 Å². The lowest BCUT2D eigenvalue weighted by Gasteiger charge is -2.29. The van der Waals surface area contributed by atoms with Gasteiger partial charge in [0, 0.05) is 24.8 Å². The first kappa shape index (κ1) is 15.1. The third-order valence-corrected chi connectivity index (χ3v) is 4.43. The fraction of sp³-hybridized carbons (Fsp3) is 0.647. The van der Waals surface area contributed by atoms with Gasteiger partial charge in [-0.05, 0) is 51.3 Å². The van der Waals surface area contributed by atoms with Crippen molar-refractivity contribution in [1.29, 1.82) is 0 Å². The van der Waals surface area contributed by atoms with E-state index in [0.29, 0.717) is 17.8 Å². The van der Waals surface area contributed by atoms with E-state index in [-0.39, 0.29) is 5.82 Å². The summed E-state index contributed by atoms with van der Waals surface area (Å²) in [5, 5.41) is 3.42. The molecule has 2 rings (SSSR count). The van der Waals surface area contributed by atoms with Crippen LogP contribution in [0, 0.1) is 11.7 Å². The molecule has 0 aliphatic heterocycles. The molecule has 3 heteroatoms.